The summed E-state index contributed by atoms with van der Waals surface area (Å²) in [6, 6.07) is 9.67. The quantitative estimate of drug-likeness (QED) is 0.829. The van der Waals surface area contributed by atoms with Crippen molar-refractivity contribution in [3.63, 3.8) is 0 Å². The topological polar surface area (TPSA) is 68.3 Å². The van der Waals surface area contributed by atoms with Crippen LogP contribution in [-0.2, 0) is 12.0 Å². The lowest BCUT2D eigenvalue weighted by Gasteiger charge is -2.37. The maximum absolute atomic E-state index is 14.9. The fourth-order valence-electron chi connectivity index (χ4n) is 3.06. The molecular weight excluding hydrogens is 356 g/mol. The Labute approximate surface area is 154 Å². The number of thioether (sulfide) groups is 1. The van der Waals surface area contributed by atoms with Crippen molar-refractivity contribution in [1.82, 2.24) is 4.98 Å². The number of amidine groups is 1. The van der Waals surface area contributed by atoms with Gasteiger partial charge in [0.15, 0.2) is 11.0 Å². The number of halogens is 2. The molecule has 3 rings (SSSR count). The molecule has 0 aliphatic carbocycles. The molecular formula is C19H19F2N3OS. The standard InChI is InChI=1S/C19H19F2N3OS/c1-11-17(21)19(2,24-18(22)26-11)13-5-3-4-12(8-13)9-16(25)15-7-6-14(20)10-23-15/h3-8,10-11,17H,9H2,1-2H3,(H2,22,24)/t11-,17+,19-/m1/s1. The van der Waals surface area contributed by atoms with Crippen LogP contribution in [0.5, 0.6) is 0 Å². The first kappa shape index (κ1) is 18.5. The fourth-order valence-corrected chi connectivity index (χ4v) is 4.07. The Morgan fingerprint density at radius 2 is 2.12 bits per heavy atom. The van der Waals surface area contributed by atoms with Crippen molar-refractivity contribution in [2.75, 3.05) is 0 Å². The summed E-state index contributed by atoms with van der Waals surface area (Å²) in [5, 5.41) is 0.0390. The first-order valence-electron chi connectivity index (χ1n) is 8.20. The molecule has 0 amide bonds. The molecule has 0 saturated carbocycles. The molecule has 1 aromatic heterocycles. The summed E-state index contributed by atoms with van der Waals surface area (Å²) in [4.78, 5) is 20.5. The van der Waals surface area contributed by atoms with Gasteiger partial charge in [-0.25, -0.2) is 13.8 Å². The van der Waals surface area contributed by atoms with E-state index in [1.54, 1.807) is 38.1 Å². The Morgan fingerprint density at radius 3 is 2.81 bits per heavy atom. The predicted octanol–water partition coefficient (Wildman–Crippen LogP) is 3.65. The predicted molar refractivity (Wildman–Crippen MR) is 99.6 cm³/mol. The number of rotatable bonds is 4. The van der Waals surface area contributed by atoms with Gasteiger partial charge in [0.1, 0.15) is 23.2 Å². The van der Waals surface area contributed by atoms with E-state index < -0.39 is 17.5 Å². The third-order valence-corrected chi connectivity index (χ3v) is 5.43. The van der Waals surface area contributed by atoms with Gasteiger partial charge in [0.25, 0.3) is 0 Å². The average molecular weight is 375 g/mol. The number of nitrogens with zero attached hydrogens (tertiary/aromatic N) is 2. The van der Waals surface area contributed by atoms with Gasteiger partial charge in [0.05, 0.1) is 6.20 Å². The minimum Gasteiger partial charge on any atom is -0.379 e. The van der Waals surface area contributed by atoms with Crippen LogP contribution in [0.3, 0.4) is 0 Å². The van der Waals surface area contributed by atoms with E-state index in [0.717, 1.165) is 6.20 Å². The Hall–Kier alpha value is -2.28. The number of carbonyl (C=O) groups excluding carboxylic acids is 1. The second kappa shape index (κ2) is 7.15. The molecule has 0 bridgehead atoms. The van der Waals surface area contributed by atoms with E-state index in [1.165, 1.54) is 23.9 Å². The van der Waals surface area contributed by atoms with Crippen molar-refractivity contribution >= 4 is 22.7 Å². The van der Waals surface area contributed by atoms with Crippen molar-refractivity contribution in [2.24, 2.45) is 10.7 Å². The second-order valence-corrected chi connectivity index (χ2v) is 7.88. The number of pyridine rings is 1. The van der Waals surface area contributed by atoms with Gasteiger partial charge >= 0.3 is 0 Å². The van der Waals surface area contributed by atoms with Crippen LogP contribution in [0.4, 0.5) is 8.78 Å². The Kier molecular flexibility index (Phi) is 5.09. The van der Waals surface area contributed by atoms with Crippen LogP contribution in [0.2, 0.25) is 0 Å². The molecule has 26 heavy (non-hydrogen) atoms. The van der Waals surface area contributed by atoms with Crippen LogP contribution in [0.1, 0.15) is 35.5 Å². The van der Waals surface area contributed by atoms with Crippen LogP contribution in [0.15, 0.2) is 47.6 Å². The Bertz CT molecular complexity index is 856. The van der Waals surface area contributed by atoms with E-state index >= 15 is 0 Å². The number of ketones is 1. The van der Waals surface area contributed by atoms with Crippen molar-refractivity contribution in [1.29, 1.82) is 0 Å². The summed E-state index contributed by atoms with van der Waals surface area (Å²) in [6.07, 6.45) is -0.107. The largest absolute Gasteiger partial charge is 0.379 e. The normalized spacial score (nSPS) is 25.6. The number of aliphatic imine (C=N–C) groups is 1. The van der Waals surface area contributed by atoms with E-state index in [1.807, 2.05) is 0 Å². The van der Waals surface area contributed by atoms with Crippen LogP contribution in [0.25, 0.3) is 0 Å². The molecule has 7 heteroatoms. The lowest BCUT2D eigenvalue weighted by Crippen LogP contribution is -2.43. The third kappa shape index (κ3) is 3.62. The molecule has 136 valence electrons. The van der Waals surface area contributed by atoms with Crippen molar-refractivity contribution in [3.05, 3.63) is 65.2 Å². The van der Waals surface area contributed by atoms with E-state index in [2.05, 4.69) is 9.98 Å². The summed E-state index contributed by atoms with van der Waals surface area (Å²) >= 11 is 1.22. The number of benzene rings is 1. The molecule has 2 aromatic rings. The third-order valence-electron chi connectivity index (χ3n) is 4.49. The zero-order chi connectivity index (χ0) is 18.9. The maximum atomic E-state index is 14.9. The zero-order valence-corrected chi connectivity index (χ0v) is 15.3. The SMILES string of the molecule is C[C@H]1SC(N)=N[C@](C)(c2cccc(CC(=O)c3ccc(F)cn3)c2)[C@H]1F. The van der Waals surface area contributed by atoms with Crippen molar-refractivity contribution in [2.45, 2.75) is 37.2 Å². The van der Waals surface area contributed by atoms with Crippen LogP contribution >= 0.6 is 11.8 Å². The number of alkyl halides is 1. The smallest absolute Gasteiger partial charge is 0.185 e. The fraction of sp³-hybridized carbons (Fsp3) is 0.316. The number of carbonyl (C=O) groups is 1. The minimum absolute atomic E-state index is 0.0863. The van der Waals surface area contributed by atoms with Gasteiger partial charge in [-0.05, 0) is 37.1 Å². The Balaban J connectivity index is 1.87. The summed E-state index contributed by atoms with van der Waals surface area (Å²) in [7, 11) is 0. The van der Waals surface area contributed by atoms with E-state index in [-0.39, 0.29) is 23.1 Å². The number of hydrogen-bond donors (Lipinski definition) is 1. The number of nitrogens with two attached hydrogens (primary N) is 1. The molecule has 1 aliphatic rings. The van der Waals surface area contributed by atoms with Crippen LogP contribution < -0.4 is 5.73 Å². The lowest BCUT2D eigenvalue weighted by atomic mass is 9.85. The number of hydrogen-bond acceptors (Lipinski definition) is 5. The molecule has 2 N–H and O–H groups in total. The van der Waals surface area contributed by atoms with E-state index in [9.17, 15) is 13.6 Å². The second-order valence-electron chi connectivity index (χ2n) is 6.48. The highest BCUT2D eigenvalue weighted by molar-refractivity contribution is 8.14. The Morgan fingerprint density at radius 1 is 1.35 bits per heavy atom. The molecule has 1 aliphatic heterocycles. The van der Waals surface area contributed by atoms with Gasteiger partial charge in [0.2, 0.25) is 0 Å². The summed E-state index contributed by atoms with van der Waals surface area (Å²) < 4.78 is 27.8. The summed E-state index contributed by atoms with van der Waals surface area (Å²) in [5.41, 5.74) is 6.34. The van der Waals surface area contributed by atoms with Crippen molar-refractivity contribution in [3.8, 4) is 0 Å². The van der Waals surface area contributed by atoms with Gasteiger partial charge in [-0.1, -0.05) is 36.0 Å². The summed E-state index contributed by atoms with van der Waals surface area (Å²) in [6.45, 7) is 3.49. The summed E-state index contributed by atoms with van der Waals surface area (Å²) in [5.74, 6) is -0.732. The van der Waals surface area contributed by atoms with Crippen LogP contribution in [-0.4, -0.2) is 27.4 Å². The highest BCUT2D eigenvalue weighted by Crippen LogP contribution is 2.41. The number of aromatic nitrogens is 1. The van der Waals surface area contributed by atoms with Crippen LogP contribution in [0, 0.1) is 5.82 Å². The average Bonchev–Trinajstić information content (AvgIpc) is 2.60. The highest BCUT2D eigenvalue weighted by Gasteiger charge is 2.43. The molecule has 0 unspecified atom stereocenters. The first-order valence-corrected chi connectivity index (χ1v) is 9.08. The zero-order valence-electron chi connectivity index (χ0n) is 14.4. The lowest BCUT2D eigenvalue weighted by molar-refractivity contribution is 0.0988. The van der Waals surface area contributed by atoms with Gasteiger partial charge in [-0.15, -0.1) is 0 Å². The first-order chi connectivity index (χ1) is 12.3. The molecule has 0 saturated heterocycles. The van der Waals surface area contributed by atoms with Gasteiger partial charge in [-0.2, -0.15) is 0 Å². The highest BCUT2D eigenvalue weighted by atomic mass is 32.2. The molecule has 1 aromatic carbocycles. The molecule has 0 radical (unpaired) electrons. The van der Waals surface area contributed by atoms with Gasteiger partial charge in [-0.3, -0.25) is 9.78 Å². The molecule has 4 nitrogen and oxygen atoms in total. The molecule has 0 fully saturated rings. The maximum Gasteiger partial charge on any atom is 0.185 e. The van der Waals surface area contributed by atoms with Gasteiger partial charge in [0, 0.05) is 11.7 Å². The minimum atomic E-state index is -1.20. The van der Waals surface area contributed by atoms with E-state index in [4.69, 9.17) is 5.73 Å². The number of Topliss-reactive ketones (excluding diaryl/α,β-unsaturated/α-hetero) is 1. The van der Waals surface area contributed by atoms with Gasteiger partial charge < -0.3 is 5.73 Å². The van der Waals surface area contributed by atoms with Crippen molar-refractivity contribution < 1.29 is 13.6 Å². The molecule has 3 atom stereocenters. The monoisotopic (exact) mass is 375 g/mol. The molecule has 2 heterocycles. The molecule has 0 spiro atoms. The van der Waals surface area contributed by atoms with E-state index in [0.29, 0.717) is 16.3 Å².